The first-order chi connectivity index (χ1) is 10.8. The Balaban J connectivity index is 2.61. The number of H-pyrrole nitrogens is 1. The van der Waals surface area contributed by atoms with Crippen LogP contribution in [0.3, 0.4) is 0 Å². The number of hydrogen-bond donors (Lipinski definition) is 5. The lowest BCUT2D eigenvalue weighted by Gasteiger charge is -2.45. The number of aliphatic hydroxyl groups is 3. The van der Waals surface area contributed by atoms with Crippen molar-refractivity contribution in [2.24, 2.45) is 5.41 Å². The number of nitrogens with one attached hydrogen (secondary N) is 1. The van der Waals surface area contributed by atoms with Crippen LogP contribution in [-0.2, 0) is 9.53 Å². The predicted molar refractivity (Wildman–Crippen MR) is 70.0 cm³/mol. The van der Waals surface area contributed by atoms with E-state index in [1.54, 1.807) is 0 Å². The van der Waals surface area contributed by atoms with Gasteiger partial charge in [-0.1, -0.05) is 0 Å². The smallest absolute Gasteiger partial charge is 0.330 e. The highest BCUT2D eigenvalue weighted by Gasteiger charge is 2.62. The zero-order valence-corrected chi connectivity index (χ0v) is 11.5. The molecule has 1 aromatic rings. The molecule has 0 aliphatic carbocycles. The van der Waals surface area contributed by atoms with Crippen LogP contribution < -0.4 is 11.2 Å². The van der Waals surface area contributed by atoms with Crippen molar-refractivity contribution in [3.05, 3.63) is 33.1 Å². The van der Waals surface area contributed by atoms with Crippen molar-refractivity contribution in [3.63, 3.8) is 0 Å². The molecule has 5 atom stereocenters. The molecular formula is C12H13N3O8. The summed E-state index contributed by atoms with van der Waals surface area (Å²) in [5.74, 6) is -1.84. The summed E-state index contributed by atoms with van der Waals surface area (Å²) in [5, 5.41) is 48.0. The Hall–Kier alpha value is -2.52. The molecule has 0 saturated carbocycles. The topological polar surface area (TPSA) is 186 Å². The van der Waals surface area contributed by atoms with Gasteiger partial charge in [0.05, 0.1) is 12.7 Å². The third kappa shape index (κ3) is 2.43. The van der Waals surface area contributed by atoms with E-state index in [1.165, 1.54) is 6.07 Å². The van der Waals surface area contributed by atoms with E-state index in [0.717, 1.165) is 12.3 Å². The third-order valence-corrected chi connectivity index (χ3v) is 3.71. The molecule has 1 saturated heterocycles. The lowest BCUT2D eigenvalue weighted by molar-refractivity contribution is -0.255. The normalized spacial score (nSPS) is 33.8. The quantitative estimate of drug-likeness (QED) is 0.380. The molecule has 1 fully saturated rings. The molecule has 124 valence electrons. The van der Waals surface area contributed by atoms with E-state index in [0.29, 0.717) is 4.57 Å². The number of hydrogen-bond acceptors (Lipinski definition) is 8. The van der Waals surface area contributed by atoms with Gasteiger partial charge in [0.15, 0.2) is 6.23 Å². The standard InChI is InChI=1S/C12H13N3O8/c13-4-12(10(20)21)7(18)5(3-16)23-9(8(12)19)15-2-1-6(17)14-11(15)22/h1-2,5,7-9,16,18-19H,3H2,(H,20,21)(H,14,17,22)/t5-,7+,8-,9+,12-/m1/s1. The van der Waals surface area contributed by atoms with E-state index in [4.69, 9.17) is 4.74 Å². The minimum atomic E-state index is -2.73. The lowest BCUT2D eigenvalue weighted by Crippen LogP contribution is -2.64. The number of aromatic nitrogens is 2. The molecule has 5 N–H and O–H groups in total. The molecule has 2 heterocycles. The van der Waals surface area contributed by atoms with Gasteiger partial charge in [0, 0.05) is 12.3 Å². The largest absolute Gasteiger partial charge is 0.480 e. The molecule has 1 aliphatic rings. The van der Waals surface area contributed by atoms with E-state index >= 15 is 0 Å². The number of rotatable bonds is 3. The fourth-order valence-corrected chi connectivity index (χ4v) is 2.44. The van der Waals surface area contributed by atoms with Gasteiger partial charge < -0.3 is 25.2 Å². The molecule has 0 bridgehead atoms. The monoisotopic (exact) mass is 327 g/mol. The first-order valence-electron chi connectivity index (χ1n) is 6.38. The van der Waals surface area contributed by atoms with Gasteiger partial charge in [-0.3, -0.25) is 19.1 Å². The van der Waals surface area contributed by atoms with Gasteiger partial charge in [-0.2, -0.15) is 5.26 Å². The molecule has 2 rings (SSSR count). The van der Waals surface area contributed by atoms with Crippen molar-refractivity contribution >= 4 is 5.97 Å². The van der Waals surface area contributed by atoms with Crippen LogP contribution in [0.1, 0.15) is 6.23 Å². The number of aliphatic carboxylic acids is 1. The summed E-state index contributed by atoms with van der Waals surface area (Å²) in [6.45, 7) is -0.862. The SMILES string of the molecule is N#C[C@]1(C(=O)O)[C@H](O)[C@@H](n2ccc(=O)[nH]c2=O)O[C@H](CO)[C@@H]1O. The average molecular weight is 327 g/mol. The van der Waals surface area contributed by atoms with Gasteiger partial charge in [0.25, 0.3) is 5.56 Å². The van der Waals surface area contributed by atoms with E-state index in [1.807, 2.05) is 4.98 Å². The van der Waals surface area contributed by atoms with E-state index in [9.17, 15) is 40.1 Å². The second-order valence-corrected chi connectivity index (χ2v) is 4.94. The van der Waals surface area contributed by atoms with Gasteiger partial charge in [0.1, 0.15) is 18.3 Å². The molecule has 11 heteroatoms. The molecule has 0 radical (unpaired) electrons. The number of aliphatic hydroxyl groups excluding tert-OH is 3. The van der Waals surface area contributed by atoms with Crippen LogP contribution in [0.5, 0.6) is 0 Å². The van der Waals surface area contributed by atoms with Crippen molar-refractivity contribution in [3.8, 4) is 6.07 Å². The molecule has 0 aromatic carbocycles. The number of carbonyl (C=O) groups is 1. The average Bonchev–Trinajstić information content (AvgIpc) is 2.49. The maximum atomic E-state index is 11.8. The number of ether oxygens (including phenoxy) is 1. The Labute approximate surface area is 127 Å². The van der Waals surface area contributed by atoms with Crippen molar-refractivity contribution in [2.45, 2.75) is 24.5 Å². The van der Waals surface area contributed by atoms with Gasteiger partial charge in [-0.05, 0) is 0 Å². The molecule has 11 nitrogen and oxygen atoms in total. The number of carboxylic acid groups (broad SMARTS) is 1. The van der Waals surface area contributed by atoms with Crippen LogP contribution in [0, 0.1) is 16.7 Å². The fraction of sp³-hybridized carbons (Fsp3) is 0.500. The summed E-state index contributed by atoms with van der Waals surface area (Å²) in [7, 11) is 0. The van der Waals surface area contributed by atoms with Gasteiger partial charge in [-0.15, -0.1) is 0 Å². The van der Waals surface area contributed by atoms with Crippen LogP contribution >= 0.6 is 0 Å². The van der Waals surface area contributed by atoms with E-state index in [-0.39, 0.29) is 0 Å². The Morgan fingerprint density at radius 3 is 2.57 bits per heavy atom. The number of aromatic amines is 1. The van der Waals surface area contributed by atoms with Crippen LogP contribution in [0.15, 0.2) is 21.9 Å². The molecule has 1 aliphatic heterocycles. The second kappa shape index (κ2) is 5.94. The highest BCUT2D eigenvalue weighted by molar-refractivity contribution is 5.80. The van der Waals surface area contributed by atoms with Gasteiger partial charge >= 0.3 is 11.7 Å². The fourth-order valence-electron chi connectivity index (χ4n) is 2.44. The number of nitriles is 1. The maximum absolute atomic E-state index is 11.8. The van der Waals surface area contributed by atoms with Crippen molar-refractivity contribution in [1.29, 1.82) is 5.26 Å². The van der Waals surface area contributed by atoms with Crippen LogP contribution in [0.25, 0.3) is 0 Å². The molecule has 0 unspecified atom stereocenters. The Morgan fingerprint density at radius 1 is 1.43 bits per heavy atom. The summed E-state index contributed by atoms with van der Waals surface area (Å²) in [5.41, 5.74) is -4.49. The number of carboxylic acids is 1. The van der Waals surface area contributed by atoms with E-state index in [2.05, 4.69) is 0 Å². The molecule has 23 heavy (non-hydrogen) atoms. The maximum Gasteiger partial charge on any atom is 0.330 e. The van der Waals surface area contributed by atoms with Crippen molar-refractivity contribution in [1.82, 2.24) is 9.55 Å². The van der Waals surface area contributed by atoms with Crippen LogP contribution in [-0.4, -0.2) is 60.9 Å². The summed E-state index contributed by atoms with van der Waals surface area (Å²) in [6.07, 6.45) is -6.51. The summed E-state index contributed by atoms with van der Waals surface area (Å²) < 4.78 is 5.81. The zero-order valence-electron chi connectivity index (χ0n) is 11.5. The van der Waals surface area contributed by atoms with Crippen molar-refractivity contribution < 1.29 is 30.0 Å². The van der Waals surface area contributed by atoms with E-state index < -0.39 is 53.8 Å². The Morgan fingerprint density at radius 2 is 2.09 bits per heavy atom. The highest BCUT2D eigenvalue weighted by atomic mass is 16.6. The minimum absolute atomic E-state index is 0.662. The molecular weight excluding hydrogens is 314 g/mol. The Bertz CT molecular complexity index is 765. The molecule has 0 amide bonds. The first-order valence-corrected chi connectivity index (χ1v) is 6.38. The first kappa shape index (κ1) is 16.8. The molecule has 1 aromatic heterocycles. The van der Waals surface area contributed by atoms with Crippen LogP contribution in [0.4, 0.5) is 0 Å². The minimum Gasteiger partial charge on any atom is -0.480 e. The third-order valence-electron chi connectivity index (χ3n) is 3.71. The zero-order chi connectivity index (χ0) is 17.4. The summed E-state index contributed by atoms with van der Waals surface area (Å²) >= 11 is 0. The Kier molecular flexibility index (Phi) is 4.35. The summed E-state index contributed by atoms with van der Waals surface area (Å²) in [4.78, 5) is 36.2. The highest BCUT2D eigenvalue weighted by Crippen LogP contribution is 2.40. The predicted octanol–water partition coefficient (Wildman–Crippen LogP) is -3.26. The lowest BCUT2D eigenvalue weighted by atomic mass is 9.73. The molecule has 0 spiro atoms. The summed E-state index contributed by atoms with van der Waals surface area (Å²) in [6, 6.07) is 2.26. The van der Waals surface area contributed by atoms with Crippen molar-refractivity contribution in [2.75, 3.05) is 6.61 Å². The van der Waals surface area contributed by atoms with Gasteiger partial charge in [0.2, 0.25) is 5.41 Å². The van der Waals surface area contributed by atoms with Gasteiger partial charge in [-0.25, -0.2) is 4.79 Å². The second-order valence-electron chi connectivity index (χ2n) is 4.94. The number of nitrogens with zero attached hydrogens (tertiary/aromatic N) is 2. The van der Waals surface area contributed by atoms with Crippen LogP contribution in [0.2, 0.25) is 0 Å².